The van der Waals surface area contributed by atoms with Crippen LogP contribution in [0.2, 0.25) is 0 Å². The van der Waals surface area contributed by atoms with Gasteiger partial charge in [0.1, 0.15) is 23.7 Å². The quantitative estimate of drug-likeness (QED) is 0.447. The molecule has 0 aliphatic carbocycles. The number of hydrogen-bond donors (Lipinski definition) is 1. The molecule has 1 amide bonds. The fraction of sp³-hybridized carbons (Fsp3) is 0.208. The predicted octanol–water partition coefficient (Wildman–Crippen LogP) is 4.99. The zero-order valence-electron chi connectivity index (χ0n) is 16.9. The van der Waals surface area contributed by atoms with Gasteiger partial charge < -0.3 is 23.6 Å². The Bertz CT molecular complexity index is 1140. The molecule has 4 aromatic rings. The molecular formula is C24H23NO5. The first-order valence-electron chi connectivity index (χ1n) is 9.67. The van der Waals surface area contributed by atoms with Crippen LogP contribution in [-0.4, -0.2) is 13.0 Å². The van der Waals surface area contributed by atoms with Gasteiger partial charge in [0.25, 0.3) is 5.91 Å². The van der Waals surface area contributed by atoms with E-state index in [1.165, 1.54) is 0 Å². The second-order valence-electron chi connectivity index (χ2n) is 6.99. The molecule has 0 saturated carbocycles. The van der Waals surface area contributed by atoms with Crippen LogP contribution >= 0.6 is 0 Å². The molecule has 0 fully saturated rings. The molecule has 2 heterocycles. The summed E-state index contributed by atoms with van der Waals surface area (Å²) in [5.74, 6) is 1.58. The highest BCUT2D eigenvalue weighted by Gasteiger charge is 2.18. The first-order chi connectivity index (χ1) is 14.6. The van der Waals surface area contributed by atoms with Gasteiger partial charge >= 0.3 is 0 Å². The number of carbonyl (C=O) groups is 1. The minimum atomic E-state index is -0.248. The van der Waals surface area contributed by atoms with Gasteiger partial charge in [-0.05, 0) is 48.4 Å². The van der Waals surface area contributed by atoms with E-state index in [4.69, 9.17) is 18.3 Å². The third-order valence-electron chi connectivity index (χ3n) is 4.89. The Morgan fingerprint density at radius 2 is 1.90 bits per heavy atom. The first kappa shape index (κ1) is 19.8. The van der Waals surface area contributed by atoms with Crippen molar-refractivity contribution < 1.29 is 23.1 Å². The molecule has 0 saturated heterocycles. The highest BCUT2D eigenvalue weighted by molar-refractivity contribution is 5.99. The second kappa shape index (κ2) is 8.88. The molecule has 4 rings (SSSR count). The van der Waals surface area contributed by atoms with Gasteiger partial charge in [-0.15, -0.1) is 0 Å². The summed E-state index contributed by atoms with van der Waals surface area (Å²) in [5.41, 5.74) is 3.47. The molecule has 0 bridgehead atoms. The summed E-state index contributed by atoms with van der Waals surface area (Å²) in [6, 6.07) is 17.1. The number of fused-ring (bicyclic) bond motifs is 1. The van der Waals surface area contributed by atoms with E-state index in [-0.39, 0.29) is 5.91 Å². The third-order valence-corrected chi connectivity index (χ3v) is 4.89. The highest BCUT2D eigenvalue weighted by Crippen LogP contribution is 2.28. The van der Waals surface area contributed by atoms with Crippen molar-refractivity contribution in [1.82, 2.24) is 5.32 Å². The van der Waals surface area contributed by atoms with Crippen LogP contribution in [0.3, 0.4) is 0 Å². The number of aryl methyl sites for hydroxylation is 1. The van der Waals surface area contributed by atoms with Crippen LogP contribution in [0.1, 0.15) is 33.0 Å². The summed E-state index contributed by atoms with van der Waals surface area (Å²) in [6.45, 7) is 3.15. The number of hydrogen-bond acceptors (Lipinski definition) is 5. The Morgan fingerprint density at radius 3 is 2.70 bits per heavy atom. The molecule has 0 spiro atoms. The highest BCUT2D eigenvalue weighted by atomic mass is 16.5. The minimum Gasteiger partial charge on any atom is -0.497 e. The maximum Gasteiger partial charge on any atom is 0.287 e. The van der Waals surface area contributed by atoms with E-state index in [0.29, 0.717) is 31.1 Å². The molecule has 1 N–H and O–H groups in total. The van der Waals surface area contributed by atoms with Crippen LogP contribution in [0.15, 0.2) is 69.7 Å². The Balaban J connectivity index is 1.38. The summed E-state index contributed by atoms with van der Waals surface area (Å²) >= 11 is 0. The fourth-order valence-corrected chi connectivity index (χ4v) is 3.30. The smallest absolute Gasteiger partial charge is 0.287 e. The van der Waals surface area contributed by atoms with Crippen LogP contribution in [-0.2, 0) is 24.5 Å². The van der Waals surface area contributed by atoms with E-state index < -0.39 is 0 Å². The number of rotatable bonds is 8. The molecule has 30 heavy (non-hydrogen) atoms. The Hall–Kier alpha value is -3.51. The minimum absolute atomic E-state index is 0.248. The van der Waals surface area contributed by atoms with Crippen LogP contribution in [0.25, 0.3) is 11.0 Å². The lowest BCUT2D eigenvalue weighted by molar-refractivity contribution is 0.0922. The zero-order chi connectivity index (χ0) is 20.9. The maximum absolute atomic E-state index is 12.7. The molecule has 0 aliphatic rings. The predicted molar refractivity (Wildman–Crippen MR) is 112 cm³/mol. The molecule has 6 nitrogen and oxygen atoms in total. The average molecular weight is 405 g/mol. The molecule has 0 atom stereocenters. The summed E-state index contributed by atoms with van der Waals surface area (Å²) in [4.78, 5) is 12.7. The topological polar surface area (TPSA) is 73.8 Å². The summed E-state index contributed by atoms with van der Waals surface area (Å²) < 4.78 is 22.0. The Labute approximate surface area is 174 Å². The molecule has 2 aromatic carbocycles. The molecule has 6 heteroatoms. The number of ether oxygens (including phenoxy) is 2. The normalized spacial score (nSPS) is 11.0. The number of carbonyl (C=O) groups excluding carboxylic acids is 1. The van der Waals surface area contributed by atoms with Crippen LogP contribution in [0.5, 0.6) is 5.75 Å². The lowest BCUT2D eigenvalue weighted by Gasteiger charge is -2.07. The van der Waals surface area contributed by atoms with Crippen molar-refractivity contribution in [3.8, 4) is 5.75 Å². The fourth-order valence-electron chi connectivity index (χ4n) is 3.30. The van der Waals surface area contributed by atoms with Crippen LogP contribution < -0.4 is 10.1 Å². The Kier molecular flexibility index (Phi) is 5.86. The largest absolute Gasteiger partial charge is 0.497 e. The third kappa shape index (κ3) is 4.39. The molecule has 154 valence electrons. The molecule has 2 aromatic heterocycles. The van der Waals surface area contributed by atoms with Gasteiger partial charge in [-0.3, -0.25) is 4.79 Å². The van der Waals surface area contributed by atoms with E-state index in [9.17, 15) is 4.79 Å². The van der Waals surface area contributed by atoms with Crippen molar-refractivity contribution in [2.45, 2.75) is 26.7 Å². The van der Waals surface area contributed by atoms with E-state index >= 15 is 0 Å². The average Bonchev–Trinajstić information content (AvgIpc) is 3.40. The van der Waals surface area contributed by atoms with E-state index in [2.05, 4.69) is 5.32 Å². The number of methoxy groups -OCH3 is 1. The van der Waals surface area contributed by atoms with Gasteiger partial charge in [0.2, 0.25) is 0 Å². The van der Waals surface area contributed by atoms with Gasteiger partial charge in [0.05, 0.1) is 20.0 Å². The van der Waals surface area contributed by atoms with Crippen molar-refractivity contribution >= 4 is 16.9 Å². The monoisotopic (exact) mass is 405 g/mol. The number of furan rings is 2. The van der Waals surface area contributed by atoms with Crippen molar-refractivity contribution in [3.63, 3.8) is 0 Å². The summed E-state index contributed by atoms with van der Waals surface area (Å²) in [6.07, 6.45) is 1.63. The van der Waals surface area contributed by atoms with Crippen molar-refractivity contribution in [1.29, 1.82) is 0 Å². The number of amides is 1. The van der Waals surface area contributed by atoms with Crippen molar-refractivity contribution in [2.75, 3.05) is 7.11 Å². The van der Waals surface area contributed by atoms with Crippen LogP contribution in [0.4, 0.5) is 0 Å². The molecule has 0 unspecified atom stereocenters. The maximum atomic E-state index is 12.7. The summed E-state index contributed by atoms with van der Waals surface area (Å²) in [5, 5.41) is 3.80. The standard InChI is InChI=1S/C24H23NO5/c1-16-21-12-19(27-2)8-9-22(21)30-23(16)24(26)25-13-17-5-3-6-18(11-17)14-28-15-20-7-4-10-29-20/h3-12H,13-15H2,1-2H3,(H,25,26). The van der Waals surface area contributed by atoms with E-state index in [1.54, 1.807) is 13.4 Å². The van der Waals surface area contributed by atoms with Crippen LogP contribution in [0, 0.1) is 6.92 Å². The molecular weight excluding hydrogens is 382 g/mol. The van der Waals surface area contributed by atoms with Crippen molar-refractivity contribution in [2.24, 2.45) is 0 Å². The SMILES string of the molecule is COc1ccc2oc(C(=O)NCc3cccc(COCc4ccco4)c3)c(C)c2c1. The van der Waals surface area contributed by atoms with Gasteiger partial charge in [-0.1, -0.05) is 24.3 Å². The van der Waals surface area contributed by atoms with E-state index in [0.717, 1.165) is 33.6 Å². The summed E-state index contributed by atoms with van der Waals surface area (Å²) in [7, 11) is 1.61. The molecule has 0 aliphatic heterocycles. The van der Waals surface area contributed by atoms with Crippen molar-refractivity contribution in [3.05, 3.63) is 89.1 Å². The Morgan fingerprint density at radius 1 is 1.03 bits per heavy atom. The zero-order valence-corrected chi connectivity index (χ0v) is 16.9. The molecule has 0 radical (unpaired) electrons. The van der Waals surface area contributed by atoms with Gasteiger partial charge in [0, 0.05) is 17.5 Å². The van der Waals surface area contributed by atoms with Gasteiger partial charge in [-0.25, -0.2) is 0 Å². The van der Waals surface area contributed by atoms with Gasteiger partial charge in [0.15, 0.2) is 5.76 Å². The van der Waals surface area contributed by atoms with E-state index in [1.807, 2.05) is 61.5 Å². The second-order valence-corrected chi connectivity index (χ2v) is 6.99. The number of nitrogens with one attached hydrogen (secondary N) is 1. The first-order valence-corrected chi connectivity index (χ1v) is 9.67. The number of benzene rings is 2. The van der Waals surface area contributed by atoms with Gasteiger partial charge in [-0.2, -0.15) is 0 Å². The lowest BCUT2D eigenvalue weighted by atomic mass is 10.1. The lowest BCUT2D eigenvalue weighted by Crippen LogP contribution is -2.23.